The van der Waals surface area contributed by atoms with Crippen molar-refractivity contribution in [3.63, 3.8) is 0 Å². The fraction of sp³-hybridized carbons (Fsp3) is 1.00. The first-order valence-corrected chi connectivity index (χ1v) is 7.00. The molecule has 0 aromatic carbocycles. The summed E-state index contributed by atoms with van der Waals surface area (Å²) in [6.45, 7) is 14.7. The average Bonchev–Trinajstić information content (AvgIpc) is 2.06. The minimum atomic E-state index is -0.138. The van der Waals surface area contributed by atoms with Crippen LogP contribution < -0.4 is 0 Å². The van der Waals surface area contributed by atoms with Gasteiger partial charge in [-0.05, 0) is 47.9 Å². The zero-order chi connectivity index (χ0) is 13.5. The van der Waals surface area contributed by atoms with Gasteiger partial charge >= 0.3 is 7.12 Å². The number of hydrogen-bond donors (Lipinski definition) is 0. The van der Waals surface area contributed by atoms with Crippen molar-refractivity contribution >= 4 is 7.12 Å². The molecule has 0 aromatic rings. The highest BCUT2D eigenvalue weighted by Crippen LogP contribution is 2.19. The van der Waals surface area contributed by atoms with E-state index in [1.165, 1.54) is 25.7 Å². The van der Waals surface area contributed by atoms with Gasteiger partial charge in [-0.2, -0.15) is 0 Å². The predicted octanol–water partition coefficient (Wildman–Crippen LogP) is 4.69. The normalized spacial score (nSPS) is 12.9. The first-order chi connectivity index (χ1) is 7.64. The Morgan fingerprint density at radius 3 is 1.59 bits per heavy atom. The molecule has 0 spiro atoms. The van der Waals surface area contributed by atoms with Crippen LogP contribution in [0.3, 0.4) is 0 Å². The molecule has 0 saturated carbocycles. The largest absolute Gasteiger partial charge is 0.457 e. The van der Waals surface area contributed by atoms with Gasteiger partial charge in [0.2, 0.25) is 0 Å². The van der Waals surface area contributed by atoms with Crippen LogP contribution in [-0.2, 0) is 9.31 Å². The lowest BCUT2D eigenvalue weighted by atomic mass is 9.79. The fourth-order valence-electron chi connectivity index (χ4n) is 1.67. The third kappa shape index (κ3) is 12.2. The summed E-state index contributed by atoms with van der Waals surface area (Å²) >= 11 is 0. The molecule has 17 heavy (non-hydrogen) atoms. The summed E-state index contributed by atoms with van der Waals surface area (Å²) in [7, 11) is -0.0770. The average molecular weight is 242 g/mol. The molecule has 0 aliphatic heterocycles. The first kappa shape index (κ1) is 17.0. The van der Waals surface area contributed by atoms with E-state index in [9.17, 15) is 0 Å². The number of unbranched alkanes of at least 4 members (excludes halogenated alkanes) is 3. The topological polar surface area (TPSA) is 18.5 Å². The van der Waals surface area contributed by atoms with Crippen molar-refractivity contribution < 1.29 is 9.31 Å². The van der Waals surface area contributed by atoms with Gasteiger partial charge in [0, 0.05) is 11.2 Å². The molecule has 0 saturated heterocycles. The molecule has 0 rings (SSSR count). The van der Waals surface area contributed by atoms with Crippen LogP contribution in [-0.4, -0.2) is 18.3 Å². The van der Waals surface area contributed by atoms with Gasteiger partial charge in [-0.3, -0.25) is 0 Å². The molecule has 0 fully saturated rings. The molecule has 0 radical (unpaired) electrons. The van der Waals surface area contributed by atoms with E-state index in [4.69, 9.17) is 9.31 Å². The maximum absolute atomic E-state index is 5.97. The Balaban J connectivity index is 4.12. The zero-order valence-electron chi connectivity index (χ0n) is 12.9. The van der Waals surface area contributed by atoms with Crippen molar-refractivity contribution in [2.45, 2.75) is 91.7 Å². The third-order valence-electron chi connectivity index (χ3n) is 2.26. The molecule has 0 bridgehead atoms. The van der Waals surface area contributed by atoms with Gasteiger partial charge in [0.25, 0.3) is 0 Å². The second kappa shape index (κ2) is 7.43. The van der Waals surface area contributed by atoms with Crippen LogP contribution in [0.4, 0.5) is 0 Å². The smallest absolute Gasteiger partial charge is 0.406 e. The summed E-state index contributed by atoms with van der Waals surface area (Å²) in [6, 6.07) is 0. The Labute approximate surface area is 109 Å². The maximum Gasteiger partial charge on any atom is 0.457 e. The van der Waals surface area contributed by atoms with Crippen molar-refractivity contribution in [1.82, 2.24) is 0 Å². The van der Waals surface area contributed by atoms with Gasteiger partial charge in [-0.1, -0.05) is 32.6 Å². The zero-order valence-corrected chi connectivity index (χ0v) is 12.9. The van der Waals surface area contributed by atoms with Crippen LogP contribution in [0.5, 0.6) is 0 Å². The van der Waals surface area contributed by atoms with Gasteiger partial charge in [0.1, 0.15) is 0 Å². The van der Waals surface area contributed by atoms with Crippen LogP contribution in [0.1, 0.15) is 74.1 Å². The highest BCUT2D eigenvalue weighted by atomic mass is 16.6. The molecule has 0 N–H and O–H groups in total. The van der Waals surface area contributed by atoms with E-state index in [2.05, 4.69) is 48.5 Å². The van der Waals surface area contributed by atoms with E-state index in [1.54, 1.807) is 0 Å². The number of rotatable bonds is 7. The number of hydrogen-bond acceptors (Lipinski definition) is 2. The van der Waals surface area contributed by atoms with Gasteiger partial charge in [0.15, 0.2) is 0 Å². The molecule has 2 nitrogen and oxygen atoms in total. The highest BCUT2D eigenvalue weighted by Gasteiger charge is 2.28. The van der Waals surface area contributed by atoms with E-state index in [0.29, 0.717) is 0 Å². The third-order valence-corrected chi connectivity index (χ3v) is 2.26. The predicted molar refractivity (Wildman–Crippen MR) is 76.4 cm³/mol. The first-order valence-electron chi connectivity index (χ1n) is 7.00. The van der Waals surface area contributed by atoms with Crippen molar-refractivity contribution in [2.24, 2.45) is 0 Å². The van der Waals surface area contributed by atoms with Gasteiger partial charge < -0.3 is 9.31 Å². The molecular formula is C14H31BO2. The van der Waals surface area contributed by atoms with Crippen molar-refractivity contribution in [2.75, 3.05) is 0 Å². The quantitative estimate of drug-likeness (QED) is 0.476. The molecule has 102 valence electrons. The molecule has 0 aliphatic rings. The molecule has 0 aromatic heterocycles. The van der Waals surface area contributed by atoms with Gasteiger partial charge in [-0.15, -0.1) is 0 Å². The Morgan fingerprint density at radius 2 is 1.24 bits per heavy atom. The lowest BCUT2D eigenvalue weighted by molar-refractivity contribution is 0.0335. The van der Waals surface area contributed by atoms with Crippen molar-refractivity contribution in [1.29, 1.82) is 0 Å². The Hall–Kier alpha value is -0.0151. The Morgan fingerprint density at radius 1 is 0.765 bits per heavy atom. The molecule has 3 heteroatoms. The van der Waals surface area contributed by atoms with E-state index in [-0.39, 0.29) is 18.3 Å². The lowest BCUT2D eigenvalue weighted by Gasteiger charge is -2.30. The molecule has 0 aliphatic carbocycles. The minimum Gasteiger partial charge on any atom is -0.406 e. The lowest BCUT2D eigenvalue weighted by Crippen LogP contribution is -2.38. The summed E-state index contributed by atoms with van der Waals surface area (Å²) in [5, 5.41) is 0. The molecule has 0 amide bonds. The summed E-state index contributed by atoms with van der Waals surface area (Å²) in [5.41, 5.74) is -0.276. The van der Waals surface area contributed by atoms with Crippen molar-refractivity contribution in [3.8, 4) is 0 Å². The second-order valence-corrected chi connectivity index (χ2v) is 6.74. The van der Waals surface area contributed by atoms with E-state index in [1.807, 2.05) is 0 Å². The van der Waals surface area contributed by atoms with Gasteiger partial charge in [0.05, 0.1) is 0 Å². The van der Waals surface area contributed by atoms with E-state index in [0.717, 1.165) is 6.32 Å². The van der Waals surface area contributed by atoms with Gasteiger partial charge in [-0.25, -0.2) is 0 Å². The minimum absolute atomic E-state index is 0.0770. The highest BCUT2D eigenvalue weighted by molar-refractivity contribution is 6.44. The van der Waals surface area contributed by atoms with Crippen LogP contribution in [0, 0.1) is 0 Å². The Bertz CT molecular complexity index is 175. The van der Waals surface area contributed by atoms with E-state index >= 15 is 0 Å². The molecule has 0 heterocycles. The monoisotopic (exact) mass is 242 g/mol. The van der Waals surface area contributed by atoms with Crippen LogP contribution in [0.25, 0.3) is 0 Å². The van der Waals surface area contributed by atoms with E-state index < -0.39 is 0 Å². The summed E-state index contributed by atoms with van der Waals surface area (Å²) in [5.74, 6) is 0. The fourth-order valence-corrected chi connectivity index (χ4v) is 1.67. The van der Waals surface area contributed by atoms with Crippen LogP contribution in [0.2, 0.25) is 6.32 Å². The van der Waals surface area contributed by atoms with Crippen molar-refractivity contribution in [3.05, 3.63) is 0 Å². The standard InChI is InChI=1S/C14H31BO2/c1-8-9-10-11-12-15(16-13(2,3)4)17-14(5,6)7/h8-12H2,1-7H3. The summed E-state index contributed by atoms with van der Waals surface area (Å²) < 4.78 is 11.9. The molecule has 0 unspecified atom stereocenters. The SMILES string of the molecule is CCCCCCB(OC(C)(C)C)OC(C)(C)C. The summed E-state index contributed by atoms with van der Waals surface area (Å²) in [6.07, 6.45) is 6.02. The van der Waals surface area contributed by atoms with Crippen LogP contribution in [0.15, 0.2) is 0 Å². The Kier molecular flexibility index (Phi) is 7.42. The molecule has 0 atom stereocenters. The van der Waals surface area contributed by atoms with Crippen LogP contribution >= 0.6 is 0 Å². The maximum atomic E-state index is 5.97. The second-order valence-electron chi connectivity index (χ2n) is 6.74. The molecular weight excluding hydrogens is 211 g/mol. The summed E-state index contributed by atoms with van der Waals surface area (Å²) in [4.78, 5) is 0.